The predicted octanol–water partition coefficient (Wildman–Crippen LogP) is 2.68. The predicted molar refractivity (Wildman–Crippen MR) is 122 cm³/mol. The van der Waals surface area contributed by atoms with Gasteiger partial charge >= 0.3 is 0 Å². The summed E-state index contributed by atoms with van der Waals surface area (Å²) >= 11 is 1.20. The molecule has 10 nitrogen and oxygen atoms in total. The third kappa shape index (κ3) is 3.29. The fourth-order valence-corrected chi connectivity index (χ4v) is 5.01. The molecule has 0 aliphatic carbocycles. The molecular weight excluding hydrogens is 450 g/mol. The molecule has 2 aromatic carbocycles. The van der Waals surface area contributed by atoms with Crippen LogP contribution in [0.5, 0.6) is 0 Å². The van der Waals surface area contributed by atoms with Gasteiger partial charge in [-0.05, 0) is 48.8 Å². The monoisotopic (exact) mass is 467 g/mol. The quantitative estimate of drug-likeness (QED) is 0.409. The van der Waals surface area contributed by atoms with Crippen molar-refractivity contribution in [2.45, 2.75) is 11.8 Å². The van der Waals surface area contributed by atoms with Crippen molar-refractivity contribution in [2.24, 2.45) is 7.05 Å². The number of sulfonamides is 1. The summed E-state index contributed by atoms with van der Waals surface area (Å²) in [7, 11) is -2.33. The molecule has 3 aromatic heterocycles. The zero-order valence-corrected chi connectivity index (χ0v) is 18.6. The first-order valence-corrected chi connectivity index (χ1v) is 11.8. The number of para-hydroxylation sites is 1. The third-order valence-corrected chi connectivity index (χ3v) is 7.01. The summed E-state index contributed by atoms with van der Waals surface area (Å²) in [5.41, 5.74) is 2.36. The Morgan fingerprint density at radius 1 is 1.12 bits per heavy atom. The Labute approximate surface area is 186 Å². The Kier molecular flexibility index (Phi) is 4.68. The number of benzene rings is 2. The van der Waals surface area contributed by atoms with Gasteiger partial charge in [0.25, 0.3) is 15.6 Å². The second-order valence-electron chi connectivity index (χ2n) is 7.10. The molecule has 162 valence electrons. The number of nitrogens with one attached hydrogen (secondary N) is 2. The highest BCUT2D eigenvalue weighted by Crippen LogP contribution is 2.24. The van der Waals surface area contributed by atoms with Gasteiger partial charge in [0, 0.05) is 12.4 Å². The van der Waals surface area contributed by atoms with Crippen molar-refractivity contribution in [3.05, 3.63) is 70.0 Å². The van der Waals surface area contributed by atoms with Gasteiger partial charge in [0.15, 0.2) is 5.82 Å². The Bertz CT molecular complexity index is 1600. The van der Waals surface area contributed by atoms with E-state index in [1.165, 1.54) is 28.3 Å². The van der Waals surface area contributed by atoms with E-state index < -0.39 is 15.6 Å². The molecule has 3 heterocycles. The smallest absolute Gasteiger partial charge is 0.296 e. The van der Waals surface area contributed by atoms with Crippen LogP contribution in [0.15, 0.2) is 63.6 Å². The Morgan fingerprint density at radius 3 is 2.62 bits per heavy atom. The lowest BCUT2D eigenvalue weighted by Crippen LogP contribution is -2.23. The summed E-state index contributed by atoms with van der Waals surface area (Å²) in [5.74, 6) is 0.501. The van der Waals surface area contributed by atoms with Crippen LogP contribution in [-0.2, 0) is 17.1 Å². The van der Waals surface area contributed by atoms with Gasteiger partial charge in [0.05, 0.1) is 27.3 Å². The van der Waals surface area contributed by atoms with Gasteiger partial charge in [0.2, 0.25) is 0 Å². The van der Waals surface area contributed by atoms with Gasteiger partial charge in [-0.15, -0.1) is 5.10 Å². The first-order chi connectivity index (χ1) is 15.3. The average Bonchev–Trinajstić information content (AvgIpc) is 3.50. The zero-order chi connectivity index (χ0) is 22.5. The minimum Gasteiger partial charge on any atom is -0.337 e. The van der Waals surface area contributed by atoms with Crippen LogP contribution in [0.25, 0.3) is 28.2 Å². The molecule has 0 fully saturated rings. The SMILES string of the molecule is Cc1c(NS(=O)(=O)c2ccc3nc(-c4csnn4)[nH]c3c2)c(=O)n(-c2ccccc2)n1C. The maximum absolute atomic E-state index is 13.1. The van der Waals surface area contributed by atoms with Crippen molar-refractivity contribution < 1.29 is 8.42 Å². The number of H-pyrrole nitrogens is 1. The van der Waals surface area contributed by atoms with Crippen molar-refractivity contribution in [3.63, 3.8) is 0 Å². The van der Waals surface area contributed by atoms with E-state index in [2.05, 4.69) is 24.3 Å². The van der Waals surface area contributed by atoms with Crippen LogP contribution in [0.2, 0.25) is 0 Å². The van der Waals surface area contributed by atoms with Crippen molar-refractivity contribution in [2.75, 3.05) is 4.72 Å². The van der Waals surface area contributed by atoms with E-state index in [9.17, 15) is 13.2 Å². The summed E-state index contributed by atoms with van der Waals surface area (Å²) in [4.78, 5) is 20.5. The average molecular weight is 468 g/mol. The fourth-order valence-electron chi connectivity index (χ4n) is 3.42. The molecule has 5 rings (SSSR count). The van der Waals surface area contributed by atoms with Gasteiger partial charge in [0.1, 0.15) is 11.4 Å². The summed E-state index contributed by atoms with van der Waals surface area (Å²) in [6.45, 7) is 1.69. The molecule has 0 spiro atoms. The largest absolute Gasteiger partial charge is 0.337 e. The molecule has 0 saturated carbocycles. The Balaban J connectivity index is 1.53. The molecule has 0 amide bonds. The number of fused-ring (bicyclic) bond motifs is 1. The van der Waals surface area contributed by atoms with Gasteiger partial charge < -0.3 is 4.98 Å². The van der Waals surface area contributed by atoms with Crippen molar-refractivity contribution in [1.82, 2.24) is 28.9 Å². The highest BCUT2D eigenvalue weighted by molar-refractivity contribution is 7.92. The van der Waals surface area contributed by atoms with E-state index in [1.54, 1.807) is 42.2 Å². The number of aromatic amines is 1. The van der Waals surface area contributed by atoms with Crippen LogP contribution in [0.1, 0.15) is 5.69 Å². The van der Waals surface area contributed by atoms with Gasteiger partial charge in [-0.1, -0.05) is 22.7 Å². The molecular formula is C20H17N7O3S2. The van der Waals surface area contributed by atoms with E-state index in [0.29, 0.717) is 33.9 Å². The van der Waals surface area contributed by atoms with Gasteiger partial charge in [-0.2, -0.15) is 0 Å². The lowest BCUT2D eigenvalue weighted by Gasteiger charge is -2.07. The van der Waals surface area contributed by atoms with Crippen molar-refractivity contribution in [1.29, 1.82) is 0 Å². The molecule has 0 aliphatic heterocycles. The molecule has 32 heavy (non-hydrogen) atoms. The maximum Gasteiger partial charge on any atom is 0.296 e. The van der Waals surface area contributed by atoms with E-state index in [1.807, 2.05) is 18.2 Å². The molecule has 0 unspecified atom stereocenters. The lowest BCUT2D eigenvalue weighted by atomic mass is 10.3. The Hall–Kier alpha value is -3.77. The summed E-state index contributed by atoms with van der Waals surface area (Å²) < 4.78 is 35.5. The van der Waals surface area contributed by atoms with E-state index in [-0.39, 0.29) is 10.6 Å². The number of aromatic nitrogens is 6. The highest BCUT2D eigenvalue weighted by atomic mass is 32.2. The molecule has 0 saturated heterocycles. The number of rotatable bonds is 5. The van der Waals surface area contributed by atoms with E-state index in [0.717, 1.165) is 0 Å². The first kappa shape index (κ1) is 20.2. The summed E-state index contributed by atoms with van der Waals surface area (Å²) in [5, 5.41) is 5.71. The first-order valence-electron chi connectivity index (χ1n) is 9.49. The highest BCUT2D eigenvalue weighted by Gasteiger charge is 2.23. The van der Waals surface area contributed by atoms with Gasteiger partial charge in [-0.3, -0.25) is 14.2 Å². The molecule has 5 aromatic rings. The van der Waals surface area contributed by atoms with Crippen LogP contribution in [-0.4, -0.2) is 37.3 Å². The van der Waals surface area contributed by atoms with Crippen LogP contribution in [0, 0.1) is 6.92 Å². The number of nitrogens with zero attached hydrogens (tertiary/aromatic N) is 5. The number of hydrogen-bond acceptors (Lipinski definition) is 7. The van der Waals surface area contributed by atoms with Crippen molar-refractivity contribution in [3.8, 4) is 17.2 Å². The molecule has 0 bridgehead atoms. The number of hydrogen-bond donors (Lipinski definition) is 2. The maximum atomic E-state index is 13.1. The molecule has 2 N–H and O–H groups in total. The van der Waals surface area contributed by atoms with Crippen LogP contribution in [0.4, 0.5) is 5.69 Å². The van der Waals surface area contributed by atoms with E-state index >= 15 is 0 Å². The number of anilines is 1. The van der Waals surface area contributed by atoms with Gasteiger partial charge in [-0.25, -0.2) is 18.1 Å². The molecule has 12 heteroatoms. The molecule has 0 aliphatic rings. The lowest BCUT2D eigenvalue weighted by molar-refractivity contribution is 0.601. The summed E-state index contributed by atoms with van der Waals surface area (Å²) in [6, 6.07) is 13.5. The minimum absolute atomic E-state index is 0.00435. The summed E-state index contributed by atoms with van der Waals surface area (Å²) in [6.07, 6.45) is 0. The number of imidazole rings is 1. The molecule has 0 radical (unpaired) electrons. The third-order valence-electron chi connectivity index (χ3n) is 5.16. The normalized spacial score (nSPS) is 11.8. The fraction of sp³-hybridized carbons (Fsp3) is 0.100. The van der Waals surface area contributed by atoms with Crippen LogP contribution < -0.4 is 10.3 Å². The van der Waals surface area contributed by atoms with E-state index in [4.69, 9.17) is 0 Å². The topological polar surface area (TPSA) is 128 Å². The Morgan fingerprint density at radius 2 is 1.91 bits per heavy atom. The van der Waals surface area contributed by atoms with Crippen LogP contribution >= 0.6 is 11.5 Å². The van der Waals surface area contributed by atoms with Crippen LogP contribution in [0.3, 0.4) is 0 Å². The molecule has 0 atom stereocenters. The van der Waals surface area contributed by atoms with Crippen molar-refractivity contribution >= 4 is 38.3 Å². The standard InChI is InChI=1S/C20H17N7O3S2/c1-12-18(20(28)27(26(12)2)13-6-4-3-5-7-13)24-32(29,30)14-8-9-15-16(10-14)22-19(21-15)17-11-31-25-23-17/h3-11,24H,1-2H3,(H,21,22). The second-order valence-corrected chi connectivity index (χ2v) is 9.39. The zero-order valence-electron chi connectivity index (χ0n) is 17.0. The minimum atomic E-state index is -4.03. The second kappa shape index (κ2) is 7.43.